The molecule has 0 N–H and O–H groups in total. The molecule has 0 spiro atoms. The molecular formula is C19H22N2O. The SMILES string of the molecule is CN(CC(=O)N1CCCc2ccccc21)Cc1ccccc1. The van der Waals surface area contributed by atoms with Crippen molar-refractivity contribution in [3.05, 3.63) is 65.7 Å². The molecule has 0 aromatic heterocycles. The third-order valence-electron chi connectivity index (χ3n) is 4.11. The smallest absolute Gasteiger partial charge is 0.241 e. The van der Waals surface area contributed by atoms with Gasteiger partial charge in [0.05, 0.1) is 6.54 Å². The van der Waals surface area contributed by atoms with Gasteiger partial charge in [0.15, 0.2) is 0 Å². The maximum absolute atomic E-state index is 12.6. The highest BCUT2D eigenvalue weighted by atomic mass is 16.2. The Morgan fingerprint density at radius 2 is 1.82 bits per heavy atom. The Hall–Kier alpha value is -2.13. The quantitative estimate of drug-likeness (QED) is 0.865. The largest absolute Gasteiger partial charge is 0.311 e. The summed E-state index contributed by atoms with van der Waals surface area (Å²) in [6.07, 6.45) is 2.12. The van der Waals surface area contributed by atoms with Crippen LogP contribution in [0.1, 0.15) is 17.5 Å². The number of hydrogen-bond acceptors (Lipinski definition) is 2. The second kappa shape index (κ2) is 6.75. The van der Waals surface area contributed by atoms with Gasteiger partial charge in [0.25, 0.3) is 0 Å². The first kappa shape index (κ1) is 14.8. The minimum absolute atomic E-state index is 0.186. The molecular weight excluding hydrogens is 272 g/mol. The Balaban J connectivity index is 1.65. The Kier molecular flexibility index (Phi) is 4.54. The van der Waals surface area contributed by atoms with E-state index in [-0.39, 0.29) is 5.91 Å². The van der Waals surface area contributed by atoms with E-state index >= 15 is 0 Å². The van der Waals surface area contributed by atoms with Crippen molar-refractivity contribution in [3.63, 3.8) is 0 Å². The fourth-order valence-electron chi connectivity index (χ4n) is 3.06. The van der Waals surface area contributed by atoms with E-state index in [0.717, 1.165) is 31.6 Å². The van der Waals surface area contributed by atoms with Gasteiger partial charge in [-0.15, -0.1) is 0 Å². The van der Waals surface area contributed by atoms with E-state index < -0.39 is 0 Å². The van der Waals surface area contributed by atoms with Crippen LogP contribution in [0.15, 0.2) is 54.6 Å². The summed E-state index contributed by atoms with van der Waals surface area (Å²) in [4.78, 5) is 16.7. The molecule has 0 unspecified atom stereocenters. The summed E-state index contributed by atoms with van der Waals surface area (Å²) in [5, 5.41) is 0. The van der Waals surface area contributed by atoms with E-state index in [0.29, 0.717) is 6.54 Å². The van der Waals surface area contributed by atoms with Gasteiger partial charge in [-0.1, -0.05) is 48.5 Å². The summed E-state index contributed by atoms with van der Waals surface area (Å²) < 4.78 is 0. The maximum Gasteiger partial charge on any atom is 0.241 e. The lowest BCUT2D eigenvalue weighted by molar-refractivity contribution is -0.119. The predicted octanol–water partition coefficient (Wildman–Crippen LogP) is 3.10. The molecule has 2 aromatic carbocycles. The van der Waals surface area contributed by atoms with Crippen molar-refractivity contribution in [2.75, 3.05) is 25.0 Å². The number of rotatable bonds is 4. The Bertz CT molecular complexity index is 639. The number of carbonyl (C=O) groups is 1. The van der Waals surface area contributed by atoms with Gasteiger partial charge in [0.2, 0.25) is 5.91 Å². The number of benzene rings is 2. The van der Waals surface area contributed by atoms with Crippen LogP contribution in [-0.4, -0.2) is 30.9 Å². The van der Waals surface area contributed by atoms with Gasteiger partial charge in [-0.25, -0.2) is 0 Å². The van der Waals surface area contributed by atoms with E-state index in [2.05, 4.69) is 29.2 Å². The second-order valence-electron chi connectivity index (χ2n) is 5.94. The van der Waals surface area contributed by atoms with Crippen molar-refractivity contribution < 1.29 is 4.79 Å². The first-order valence-electron chi connectivity index (χ1n) is 7.85. The van der Waals surface area contributed by atoms with Crippen molar-refractivity contribution >= 4 is 11.6 Å². The van der Waals surface area contributed by atoms with E-state index in [1.807, 2.05) is 42.3 Å². The molecule has 0 atom stereocenters. The Morgan fingerprint density at radius 3 is 2.64 bits per heavy atom. The molecule has 0 saturated heterocycles. The summed E-state index contributed by atoms with van der Waals surface area (Å²) in [6, 6.07) is 18.5. The number of aryl methyl sites for hydroxylation is 1. The average Bonchev–Trinajstić information content (AvgIpc) is 2.55. The zero-order chi connectivity index (χ0) is 15.4. The van der Waals surface area contributed by atoms with Crippen LogP contribution < -0.4 is 4.90 Å². The van der Waals surface area contributed by atoms with Crippen LogP contribution in [-0.2, 0) is 17.8 Å². The normalized spacial score (nSPS) is 14.0. The number of fused-ring (bicyclic) bond motifs is 1. The number of amides is 1. The van der Waals surface area contributed by atoms with Crippen LogP contribution in [0, 0.1) is 0 Å². The molecule has 3 rings (SSSR count). The second-order valence-corrected chi connectivity index (χ2v) is 5.94. The minimum atomic E-state index is 0.186. The standard InChI is InChI=1S/C19H22N2O/c1-20(14-16-8-3-2-4-9-16)15-19(22)21-13-7-11-17-10-5-6-12-18(17)21/h2-6,8-10,12H,7,11,13-15H2,1H3. The first-order valence-corrected chi connectivity index (χ1v) is 7.85. The zero-order valence-corrected chi connectivity index (χ0v) is 13.0. The average molecular weight is 294 g/mol. The summed E-state index contributed by atoms with van der Waals surface area (Å²) in [6.45, 7) is 2.07. The van der Waals surface area contributed by atoms with Crippen molar-refractivity contribution in [2.45, 2.75) is 19.4 Å². The highest BCUT2D eigenvalue weighted by molar-refractivity contribution is 5.95. The predicted molar refractivity (Wildman–Crippen MR) is 89.9 cm³/mol. The van der Waals surface area contributed by atoms with E-state index in [9.17, 15) is 4.79 Å². The fraction of sp³-hybridized carbons (Fsp3) is 0.316. The van der Waals surface area contributed by atoms with Gasteiger partial charge in [-0.2, -0.15) is 0 Å². The van der Waals surface area contributed by atoms with E-state index in [1.165, 1.54) is 11.1 Å². The van der Waals surface area contributed by atoms with Crippen LogP contribution >= 0.6 is 0 Å². The fourth-order valence-corrected chi connectivity index (χ4v) is 3.06. The van der Waals surface area contributed by atoms with Crippen LogP contribution in [0.5, 0.6) is 0 Å². The molecule has 22 heavy (non-hydrogen) atoms. The number of likely N-dealkylation sites (N-methyl/N-ethyl adjacent to an activating group) is 1. The molecule has 0 aliphatic carbocycles. The molecule has 0 saturated carbocycles. The summed E-state index contributed by atoms with van der Waals surface area (Å²) in [5.74, 6) is 0.186. The van der Waals surface area contributed by atoms with Gasteiger partial charge in [-0.05, 0) is 37.1 Å². The molecule has 0 radical (unpaired) electrons. The van der Waals surface area contributed by atoms with Gasteiger partial charge in [0, 0.05) is 18.8 Å². The van der Waals surface area contributed by atoms with Crippen LogP contribution in [0.2, 0.25) is 0 Å². The van der Waals surface area contributed by atoms with Gasteiger partial charge >= 0.3 is 0 Å². The lowest BCUT2D eigenvalue weighted by Gasteiger charge is -2.31. The first-order chi connectivity index (χ1) is 10.7. The molecule has 1 heterocycles. The van der Waals surface area contributed by atoms with E-state index in [1.54, 1.807) is 0 Å². The maximum atomic E-state index is 12.6. The number of anilines is 1. The Morgan fingerprint density at radius 1 is 1.09 bits per heavy atom. The van der Waals surface area contributed by atoms with Crippen molar-refractivity contribution in [3.8, 4) is 0 Å². The molecule has 114 valence electrons. The number of para-hydroxylation sites is 1. The molecule has 0 bridgehead atoms. The van der Waals surface area contributed by atoms with Gasteiger partial charge in [0.1, 0.15) is 0 Å². The van der Waals surface area contributed by atoms with Crippen molar-refractivity contribution in [1.82, 2.24) is 4.90 Å². The lowest BCUT2D eigenvalue weighted by Crippen LogP contribution is -2.41. The topological polar surface area (TPSA) is 23.6 Å². The van der Waals surface area contributed by atoms with Gasteiger partial charge < -0.3 is 4.90 Å². The molecule has 1 aliphatic rings. The number of hydrogen-bond donors (Lipinski definition) is 0. The minimum Gasteiger partial charge on any atom is -0.311 e. The highest BCUT2D eigenvalue weighted by Gasteiger charge is 2.22. The zero-order valence-electron chi connectivity index (χ0n) is 13.0. The lowest BCUT2D eigenvalue weighted by atomic mass is 10.0. The number of carbonyl (C=O) groups excluding carboxylic acids is 1. The molecule has 3 nitrogen and oxygen atoms in total. The molecule has 1 amide bonds. The van der Waals surface area contributed by atoms with Crippen molar-refractivity contribution in [2.24, 2.45) is 0 Å². The Labute approximate surface area is 132 Å². The van der Waals surface area contributed by atoms with Crippen LogP contribution in [0.25, 0.3) is 0 Å². The monoisotopic (exact) mass is 294 g/mol. The van der Waals surface area contributed by atoms with Gasteiger partial charge in [-0.3, -0.25) is 9.69 Å². The molecule has 0 fully saturated rings. The third kappa shape index (κ3) is 3.37. The highest BCUT2D eigenvalue weighted by Crippen LogP contribution is 2.26. The third-order valence-corrected chi connectivity index (χ3v) is 4.11. The van der Waals surface area contributed by atoms with E-state index in [4.69, 9.17) is 0 Å². The van der Waals surface area contributed by atoms with Crippen LogP contribution in [0.3, 0.4) is 0 Å². The number of nitrogens with zero attached hydrogens (tertiary/aromatic N) is 2. The summed E-state index contributed by atoms with van der Waals surface area (Å²) in [5.41, 5.74) is 3.61. The summed E-state index contributed by atoms with van der Waals surface area (Å²) >= 11 is 0. The molecule has 3 heteroatoms. The van der Waals surface area contributed by atoms with Crippen molar-refractivity contribution in [1.29, 1.82) is 0 Å². The van der Waals surface area contributed by atoms with Crippen LogP contribution in [0.4, 0.5) is 5.69 Å². The summed E-state index contributed by atoms with van der Waals surface area (Å²) in [7, 11) is 2.00. The molecule has 2 aromatic rings. The molecule has 1 aliphatic heterocycles.